The van der Waals surface area contributed by atoms with Gasteiger partial charge in [-0.1, -0.05) is 5.16 Å². The lowest BCUT2D eigenvalue weighted by atomic mass is 9.78. The molecule has 7 nitrogen and oxygen atoms in total. The van der Waals surface area contributed by atoms with Gasteiger partial charge in [0.1, 0.15) is 0 Å². The number of aromatic nitrogens is 2. The molecule has 3 fully saturated rings. The lowest BCUT2D eigenvalue weighted by molar-refractivity contribution is -0.144. The average Bonchev–Trinajstić information content (AvgIpc) is 3.55. The van der Waals surface area contributed by atoms with Crippen LogP contribution >= 0.6 is 0 Å². The zero-order chi connectivity index (χ0) is 21.2. The maximum Gasteiger partial charge on any atom is 0.251 e. The molecule has 1 aromatic heterocycles. The fourth-order valence-corrected chi connectivity index (χ4v) is 5.79. The van der Waals surface area contributed by atoms with Crippen molar-refractivity contribution >= 4 is 5.91 Å². The van der Waals surface area contributed by atoms with Gasteiger partial charge in [0.25, 0.3) is 5.92 Å². The van der Waals surface area contributed by atoms with Crippen molar-refractivity contribution < 1.29 is 27.6 Å². The van der Waals surface area contributed by atoms with E-state index < -0.39 is 5.92 Å². The highest BCUT2D eigenvalue weighted by Gasteiger charge is 2.55. The number of benzene rings is 1. The summed E-state index contributed by atoms with van der Waals surface area (Å²) in [6.45, 7) is 0.408. The van der Waals surface area contributed by atoms with Crippen molar-refractivity contribution in [3.05, 3.63) is 24.1 Å². The molecule has 31 heavy (non-hydrogen) atoms. The highest BCUT2D eigenvalue weighted by Crippen LogP contribution is 2.57. The van der Waals surface area contributed by atoms with Gasteiger partial charge in [-0.15, -0.1) is 0 Å². The molecule has 2 bridgehead atoms. The molecule has 4 aliphatic rings. The van der Waals surface area contributed by atoms with Gasteiger partial charge in [-0.25, -0.2) is 8.78 Å². The predicted molar refractivity (Wildman–Crippen MR) is 104 cm³/mol. The van der Waals surface area contributed by atoms with Crippen molar-refractivity contribution in [2.24, 2.45) is 17.8 Å². The molecule has 6 rings (SSSR count). The SMILES string of the molecule is O=C([C@H]1[C@H]2CC[C@H](C2)[C@@H]1c1nc(-c2ccc3c(c2)OCO3)no1)N1CCC(F)(F)CC1. The van der Waals surface area contributed by atoms with Crippen molar-refractivity contribution in [3.63, 3.8) is 0 Å². The Morgan fingerprint density at radius 2 is 1.87 bits per heavy atom. The number of hydrogen-bond donors (Lipinski definition) is 0. The van der Waals surface area contributed by atoms with E-state index in [1.54, 1.807) is 4.90 Å². The van der Waals surface area contributed by atoms with Crippen LogP contribution in [0.15, 0.2) is 22.7 Å². The summed E-state index contributed by atoms with van der Waals surface area (Å²) >= 11 is 0. The van der Waals surface area contributed by atoms with Gasteiger partial charge < -0.3 is 18.9 Å². The van der Waals surface area contributed by atoms with Crippen LogP contribution in [0.5, 0.6) is 11.5 Å². The quantitative estimate of drug-likeness (QED) is 0.735. The third-order valence-corrected chi connectivity index (χ3v) is 7.37. The number of carbonyl (C=O) groups excluding carboxylic acids is 1. The van der Waals surface area contributed by atoms with E-state index in [2.05, 4.69) is 10.1 Å². The van der Waals surface area contributed by atoms with Gasteiger partial charge in [0.15, 0.2) is 11.5 Å². The Hall–Kier alpha value is -2.71. The van der Waals surface area contributed by atoms with Gasteiger partial charge in [-0.05, 0) is 49.3 Å². The van der Waals surface area contributed by atoms with E-state index in [1.165, 1.54) is 0 Å². The van der Waals surface area contributed by atoms with Crippen LogP contribution in [0, 0.1) is 17.8 Å². The fourth-order valence-electron chi connectivity index (χ4n) is 5.79. The van der Waals surface area contributed by atoms with E-state index in [-0.39, 0.29) is 56.4 Å². The molecule has 164 valence electrons. The van der Waals surface area contributed by atoms with Gasteiger partial charge in [0.05, 0.1) is 11.8 Å². The second-order valence-corrected chi connectivity index (χ2v) is 9.09. The lowest BCUT2D eigenvalue weighted by Gasteiger charge is -2.36. The summed E-state index contributed by atoms with van der Waals surface area (Å²) in [5.74, 6) is -0.315. The van der Waals surface area contributed by atoms with E-state index >= 15 is 0 Å². The molecule has 9 heteroatoms. The number of likely N-dealkylation sites (tertiary alicyclic amines) is 1. The fraction of sp³-hybridized carbons (Fsp3) is 0.591. The third-order valence-electron chi connectivity index (χ3n) is 7.37. The second-order valence-electron chi connectivity index (χ2n) is 9.09. The van der Waals surface area contributed by atoms with Gasteiger partial charge in [-0.2, -0.15) is 4.98 Å². The van der Waals surface area contributed by atoms with Gasteiger partial charge in [0, 0.05) is 31.5 Å². The van der Waals surface area contributed by atoms with Crippen LogP contribution in [0.3, 0.4) is 0 Å². The highest BCUT2D eigenvalue weighted by molar-refractivity contribution is 5.81. The summed E-state index contributed by atoms with van der Waals surface area (Å²) in [6, 6.07) is 5.47. The van der Waals surface area contributed by atoms with Gasteiger partial charge >= 0.3 is 0 Å². The number of carbonyl (C=O) groups is 1. The summed E-state index contributed by atoms with van der Waals surface area (Å²) in [6.07, 6.45) is 2.44. The summed E-state index contributed by atoms with van der Waals surface area (Å²) in [4.78, 5) is 19.6. The zero-order valence-electron chi connectivity index (χ0n) is 16.9. The standard InChI is InChI=1S/C22H23F2N3O4/c23-22(24)5-7-27(8-6-22)21(28)18-13-2-1-12(9-13)17(18)20-25-19(26-31-20)14-3-4-15-16(10-14)30-11-29-15/h3-4,10,12-13,17-18H,1-2,5-9,11H2/t12-,13+,17+,18+/m1/s1. The summed E-state index contributed by atoms with van der Waals surface area (Å²) in [5, 5.41) is 4.16. The first-order valence-electron chi connectivity index (χ1n) is 10.9. The summed E-state index contributed by atoms with van der Waals surface area (Å²) in [5.41, 5.74) is 0.753. The number of alkyl halides is 2. The van der Waals surface area contributed by atoms with E-state index in [4.69, 9.17) is 14.0 Å². The monoisotopic (exact) mass is 431 g/mol. The van der Waals surface area contributed by atoms with Crippen LogP contribution < -0.4 is 9.47 Å². The van der Waals surface area contributed by atoms with E-state index in [1.807, 2.05) is 18.2 Å². The van der Waals surface area contributed by atoms with Crippen LogP contribution in [-0.2, 0) is 4.79 Å². The third kappa shape index (κ3) is 3.16. The predicted octanol–water partition coefficient (Wildman–Crippen LogP) is 3.85. The molecule has 0 N–H and O–H groups in total. The van der Waals surface area contributed by atoms with Crippen molar-refractivity contribution in [1.29, 1.82) is 0 Å². The topological polar surface area (TPSA) is 77.7 Å². The molecule has 0 spiro atoms. The van der Waals surface area contributed by atoms with Crippen LogP contribution in [0.2, 0.25) is 0 Å². The van der Waals surface area contributed by atoms with Crippen LogP contribution in [0.4, 0.5) is 8.78 Å². The molecule has 2 aliphatic carbocycles. The normalized spacial score (nSPS) is 30.7. The first kappa shape index (κ1) is 19.0. The molecule has 1 aromatic carbocycles. The Bertz CT molecular complexity index is 1020. The number of ether oxygens (including phenoxy) is 2. The number of halogens is 2. The Balaban J connectivity index is 1.26. The van der Waals surface area contributed by atoms with E-state index in [9.17, 15) is 13.6 Å². The minimum Gasteiger partial charge on any atom is -0.454 e. The molecule has 4 atom stereocenters. The molecule has 1 saturated heterocycles. The second kappa shape index (κ2) is 6.90. The van der Waals surface area contributed by atoms with Crippen molar-refractivity contribution in [2.75, 3.05) is 19.9 Å². The van der Waals surface area contributed by atoms with Crippen molar-refractivity contribution in [2.45, 2.75) is 43.9 Å². The van der Waals surface area contributed by atoms with Crippen molar-refractivity contribution in [3.8, 4) is 22.9 Å². The van der Waals surface area contributed by atoms with Gasteiger partial charge in [0.2, 0.25) is 24.4 Å². The Labute approximate surface area is 177 Å². The molecule has 2 aliphatic heterocycles. The lowest BCUT2D eigenvalue weighted by Crippen LogP contribution is -2.47. The molecule has 2 aromatic rings. The van der Waals surface area contributed by atoms with Crippen molar-refractivity contribution in [1.82, 2.24) is 15.0 Å². The number of fused-ring (bicyclic) bond motifs is 3. The highest BCUT2D eigenvalue weighted by atomic mass is 19.3. The van der Waals surface area contributed by atoms with Gasteiger partial charge in [-0.3, -0.25) is 4.79 Å². The number of rotatable bonds is 3. The van der Waals surface area contributed by atoms with Crippen LogP contribution in [0.1, 0.15) is 43.9 Å². The molecule has 2 saturated carbocycles. The number of amides is 1. The van der Waals surface area contributed by atoms with Crippen LogP contribution in [-0.4, -0.2) is 46.8 Å². The number of piperidine rings is 1. The minimum atomic E-state index is -2.67. The zero-order valence-corrected chi connectivity index (χ0v) is 16.9. The average molecular weight is 431 g/mol. The molecule has 3 heterocycles. The first-order chi connectivity index (χ1) is 15.0. The first-order valence-corrected chi connectivity index (χ1v) is 10.9. The van der Waals surface area contributed by atoms with E-state index in [0.29, 0.717) is 29.1 Å². The maximum absolute atomic E-state index is 13.6. The molecular formula is C22H23F2N3O4. The summed E-state index contributed by atoms with van der Waals surface area (Å²) in [7, 11) is 0. The number of hydrogen-bond acceptors (Lipinski definition) is 6. The summed E-state index contributed by atoms with van der Waals surface area (Å²) < 4.78 is 43.6. The smallest absolute Gasteiger partial charge is 0.251 e. The van der Waals surface area contributed by atoms with Crippen LogP contribution in [0.25, 0.3) is 11.4 Å². The number of nitrogens with zero attached hydrogens (tertiary/aromatic N) is 3. The largest absolute Gasteiger partial charge is 0.454 e. The van der Waals surface area contributed by atoms with E-state index in [0.717, 1.165) is 24.8 Å². The minimum absolute atomic E-state index is 0.0319. The Morgan fingerprint density at radius 1 is 1.10 bits per heavy atom. The molecule has 1 amide bonds. The molecular weight excluding hydrogens is 408 g/mol. The Kier molecular flexibility index (Phi) is 4.23. The molecule has 0 unspecified atom stereocenters. The maximum atomic E-state index is 13.6. The Morgan fingerprint density at radius 3 is 2.71 bits per heavy atom. The molecule has 0 radical (unpaired) electrons.